The van der Waals surface area contributed by atoms with Gasteiger partial charge in [0, 0.05) is 12.3 Å². The predicted molar refractivity (Wildman–Crippen MR) is 79.1 cm³/mol. The molecule has 5 nitrogen and oxygen atoms in total. The Kier molecular flexibility index (Phi) is 5.39. The van der Waals surface area contributed by atoms with Crippen LogP contribution in [0.2, 0.25) is 0 Å². The zero-order chi connectivity index (χ0) is 15.1. The lowest BCUT2D eigenvalue weighted by atomic mass is 10.1. The zero-order valence-corrected chi connectivity index (χ0v) is 12.2. The minimum atomic E-state index is -0.103. The molecule has 0 fully saturated rings. The summed E-state index contributed by atoms with van der Waals surface area (Å²) in [4.78, 5) is 4.28. The lowest BCUT2D eigenvalue weighted by Gasteiger charge is -2.09. The van der Waals surface area contributed by atoms with E-state index in [1.165, 1.54) is 11.8 Å². The fraction of sp³-hybridized carbons (Fsp3) is 0.267. The number of rotatable bonds is 6. The second-order valence-electron chi connectivity index (χ2n) is 4.31. The summed E-state index contributed by atoms with van der Waals surface area (Å²) >= 11 is 1.50. The number of aliphatic hydroxyl groups excluding tert-OH is 1. The first-order chi connectivity index (χ1) is 10.3. The van der Waals surface area contributed by atoms with Crippen LogP contribution in [0.5, 0.6) is 0 Å². The van der Waals surface area contributed by atoms with E-state index >= 15 is 0 Å². The summed E-state index contributed by atoms with van der Waals surface area (Å²) < 4.78 is 1.85. The van der Waals surface area contributed by atoms with Crippen molar-refractivity contribution in [2.45, 2.75) is 30.5 Å². The van der Waals surface area contributed by atoms with Gasteiger partial charge >= 0.3 is 0 Å². The Hall–Kier alpha value is -2.28. The van der Waals surface area contributed by atoms with E-state index in [1.807, 2.05) is 22.8 Å². The topological polar surface area (TPSA) is 85.6 Å². The predicted octanol–water partition coefficient (Wildman–Crippen LogP) is 2.45. The van der Waals surface area contributed by atoms with E-state index in [9.17, 15) is 5.11 Å². The number of aliphatic hydroxyl groups is 1. The Morgan fingerprint density at radius 2 is 2.10 bits per heavy atom. The highest BCUT2D eigenvalue weighted by molar-refractivity contribution is 7.98. The van der Waals surface area contributed by atoms with Gasteiger partial charge < -0.3 is 9.67 Å². The summed E-state index contributed by atoms with van der Waals surface area (Å²) in [6, 6.07) is 11.7. The van der Waals surface area contributed by atoms with Gasteiger partial charge in [-0.05, 0) is 11.6 Å². The maximum Gasteiger partial charge on any atom is 0.168 e. The van der Waals surface area contributed by atoms with Crippen LogP contribution in [0.1, 0.15) is 23.2 Å². The van der Waals surface area contributed by atoms with Crippen molar-refractivity contribution < 1.29 is 5.11 Å². The molecule has 0 atom stereocenters. The summed E-state index contributed by atoms with van der Waals surface area (Å²) in [7, 11) is 0. The van der Waals surface area contributed by atoms with Crippen molar-refractivity contribution in [3.05, 3.63) is 47.3 Å². The summed E-state index contributed by atoms with van der Waals surface area (Å²) in [5.74, 6) is 0.623. The number of hydrogen-bond acceptors (Lipinski definition) is 5. The first-order valence-corrected chi connectivity index (χ1v) is 7.41. The minimum absolute atomic E-state index is 0.103. The molecular weight excluding hydrogens is 284 g/mol. The van der Waals surface area contributed by atoms with Crippen molar-refractivity contribution >= 4 is 11.8 Å². The highest BCUT2D eigenvalue weighted by Gasteiger charge is 2.11. The fourth-order valence-corrected chi connectivity index (χ4v) is 2.96. The van der Waals surface area contributed by atoms with Crippen LogP contribution >= 0.6 is 11.8 Å². The summed E-state index contributed by atoms with van der Waals surface area (Å²) in [5.41, 5.74) is 2.30. The third-order valence-corrected chi connectivity index (χ3v) is 4.04. The molecule has 1 heterocycles. The standard InChI is InChI=1S/C15H14N4OS/c16-6-3-7-19-14(10-20)9-18-15(19)21-11-13-5-2-1-4-12(13)8-17/h1-2,4-5,9,20H,3,7,10-11H2. The molecule has 0 radical (unpaired) electrons. The van der Waals surface area contributed by atoms with E-state index in [0.717, 1.165) is 10.7 Å². The molecule has 6 heteroatoms. The molecule has 21 heavy (non-hydrogen) atoms. The second kappa shape index (κ2) is 7.49. The number of aromatic nitrogens is 2. The second-order valence-corrected chi connectivity index (χ2v) is 5.25. The van der Waals surface area contributed by atoms with Gasteiger partial charge in [-0.1, -0.05) is 30.0 Å². The van der Waals surface area contributed by atoms with E-state index < -0.39 is 0 Å². The van der Waals surface area contributed by atoms with Crippen molar-refractivity contribution in [2.75, 3.05) is 0 Å². The van der Waals surface area contributed by atoms with Crippen molar-refractivity contribution in [3.63, 3.8) is 0 Å². The molecule has 106 valence electrons. The molecule has 0 aliphatic rings. The molecule has 0 saturated heterocycles. The lowest BCUT2D eigenvalue weighted by Crippen LogP contribution is -2.04. The van der Waals surface area contributed by atoms with E-state index in [-0.39, 0.29) is 6.61 Å². The lowest BCUT2D eigenvalue weighted by molar-refractivity contribution is 0.269. The number of thioether (sulfide) groups is 1. The summed E-state index contributed by atoms with van der Waals surface area (Å²) in [6.45, 7) is 0.405. The van der Waals surface area contributed by atoms with Crippen molar-refractivity contribution in [3.8, 4) is 12.1 Å². The normalized spacial score (nSPS) is 10.0. The van der Waals surface area contributed by atoms with Crippen LogP contribution in [0.25, 0.3) is 0 Å². The molecule has 0 aliphatic carbocycles. The maximum atomic E-state index is 9.30. The highest BCUT2D eigenvalue weighted by atomic mass is 32.2. The van der Waals surface area contributed by atoms with Crippen LogP contribution in [0.4, 0.5) is 0 Å². The smallest absolute Gasteiger partial charge is 0.168 e. The van der Waals surface area contributed by atoms with Gasteiger partial charge in [-0.2, -0.15) is 10.5 Å². The number of nitrogens with zero attached hydrogens (tertiary/aromatic N) is 4. The molecule has 1 aromatic carbocycles. The van der Waals surface area contributed by atoms with Gasteiger partial charge in [-0.15, -0.1) is 0 Å². The molecule has 2 rings (SSSR count). The molecule has 0 saturated carbocycles. The Morgan fingerprint density at radius 1 is 1.29 bits per heavy atom. The number of imidazole rings is 1. The Bertz CT molecular complexity index is 696. The van der Waals surface area contributed by atoms with Crippen LogP contribution in [-0.4, -0.2) is 14.7 Å². The first kappa shape index (κ1) is 15.1. The Morgan fingerprint density at radius 3 is 2.81 bits per heavy atom. The van der Waals surface area contributed by atoms with Crippen molar-refractivity contribution in [1.29, 1.82) is 10.5 Å². The van der Waals surface area contributed by atoms with Gasteiger partial charge in [0.25, 0.3) is 0 Å². The molecule has 2 aromatic rings. The third kappa shape index (κ3) is 3.63. The van der Waals surface area contributed by atoms with Crippen LogP contribution in [0, 0.1) is 22.7 Å². The van der Waals surface area contributed by atoms with Gasteiger partial charge in [0.2, 0.25) is 0 Å². The molecule has 0 amide bonds. The largest absolute Gasteiger partial charge is 0.390 e. The Labute approximate surface area is 127 Å². The average Bonchev–Trinajstić information content (AvgIpc) is 2.93. The van der Waals surface area contributed by atoms with Gasteiger partial charge in [-0.25, -0.2) is 4.98 Å². The van der Waals surface area contributed by atoms with Gasteiger partial charge in [-0.3, -0.25) is 0 Å². The molecule has 0 bridgehead atoms. The average molecular weight is 298 g/mol. The molecule has 0 unspecified atom stereocenters. The highest BCUT2D eigenvalue weighted by Crippen LogP contribution is 2.24. The van der Waals surface area contributed by atoms with Gasteiger partial charge in [0.15, 0.2) is 5.16 Å². The van der Waals surface area contributed by atoms with Crippen LogP contribution in [0.3, 0.4) is 0 Å². The third-order valence-electron chi connectivity index (χ3n) is 3.01. The molecule has 1 aromatic heterocycles. The molecular formula is C15H14N4OS. The number of hydrogen-bond donors (Lipinski definition) is 1. The van der Waals surface area contributed by atoms with Crippen molar-refractivity contribution in [1.82, 2.24) is 9.55 Å². The van der Waals surface area contributed by atoms with Crippen LogP contribution < -0.4 is 0 Å². The SMILES string of the molecule is N#CCCn1c(CO)cnc1SCc1ccccc1C#N. The molecule has 0 spiro atoms. The number of benzene rings is 1. The molecule has 0 aliphatic heterocycles. The fourth-order valence-electron chi connectivity index (χ4n) is 1.93. The van der Waals surface area contributed by atoms with Crippen LogP contribution in [-0.2, 0) is 18.9 Å². The Balaban J connectivity index is 2.15. The summed E-state index contributed by atoms with van der Waals surface area (Å²) in [6.07, 6.45) is 1.99. The van der Waals surface area contributed by atoms with Crippen molar-refractivity contribution in [2.24, 2.45) is 0 Å². The van der Waals surface area contributed by atoms with E-state index in [4.69, 9.17) is 10.5 Å². The minimum Gasteiger partial charge on any atom is -0.390 e. The summed E-state index contributed by atoms with van der Waals surface area (Å²) in [5, 5.41) is 27.8. The number of nitriles is 2. The first-order valence-electron chi connectivity index (χ1n) is 6.43. The maximum absolute atomic E-state index is 9.30. The zero-order valence-electron chi connectivity index (χ0n) is 11.4. The van der Waals surface area contributed by atoms with E-state index in [1.54, 1.807) is 12.3 Å². The van der Waals surface area contributed by atoms with Crippen LogP contribution in [0.15, 0.2) is 35.6 Å². The van der Waals surface area contributed by atoms with E-state index in [2.05, 4.69) is 17.1 Å². The van der Waals surface area contributed by atoms with Gasteiger partial charge in [0.05, 0.1) is 42.6 Å². The van der Waals surface area contributed by atoms with Gasteiger partial charge in [0.1, 0.15) is 0 Å². The van der Waals surface area contributed by atoms with E-state index in [0.29, 0.717) is 30.0 Å². The monoisotopic (exact) mass is 298 g/mol. The quantitative estimate of drug-likeness (QED) is 0.828. The molecule has 1 N–H and O–H groups in total.